The second-order valence-electron chi connectivity index (χ2n) is 12.8. The lowest BCUT2D eigenvalue weighted by Gasteiger charge is -2.41. The molecule has 0 bridgehead atoms. The van der Waals surface area contributed by atoms with E-state index in [-0.39, 0.29) is 5.78 Å². The van der Waals surface area contributed by atoms with E-state index < -0.39 is 32.9 Å². The molecule has 2 aliphatic heterocycles. The largest absolute Gasteiger partial charge is 0.424 e. The van der Waals surface area contributed by atoms with Gasteiger partial charge in [0.05, 0.1) is 0 Å². The first-order chi connectivity index (χ1) is 16.7. The van der Waals surface area contributed by atoms with Gasteiger partial charge in [0.2, 0.25) is 0 Å². The number of rotatable bonds is 2. The van der Waals surface area contributed by atoms with Crippen LogP contribution in [0.1, 0.15) is 11.1 Å². The fraction of sp³-hybridized carbons (Fsp3) is 0.414. The van der Waals surface area contributed by atoms with Crippen molar-refractivity contribution >= 4 is 50.1 Å². The first kappa shape index (κ1) is 26.8. The van der Waals surface area contributed by atoms with Crippen LogP contribution in [0.4, 0.5) is 11.4 Å². The molecule has 3 nitrogen and oxygen atoms in total. The summed E-state index contributed by atoms with van der Waals surface area (Å²) < 4.78 is 5.57. The van der Waals surface area contributed by atoms with E-state index in [0.29, 0.717) is 0 Å². The van der Waals surface area contributed by atoms with Crippen LogP contribution < -0.4 is 8.46 Å². The third-order valence-electron chi connectivity index (χ3n) is 8.01. The van der Waals surface area contributed by atoms with Gasteiger partial charge >= 0.3 is 0 Å². The Morgan fingerprint density at radius 3 is 1.11 bits per heavy atom. The summed E-state index contributed by atoms with van der Waals surface area (Å²) in [7, 11) is -5.52. The van der Waals surface area contributed by atoms with Crippen LogP contribution in [0.15, 0.2) is 48.5 Å². The number of hydrogen-bond acceptors (Lipinski definition) is 3. The first-order valence-corrected chi connectivity index (χ1v) is 25.7. The maximum Gasteiger partial charge on any atom is 0.279 e. The molecule has 36 heavy (non-hydrogen) atoms. The molecular formula is C29H40N2OSi4. The van der Waals surface area contributed by atoms with Gasteiger partial charge in [0.1, 0.15) is 32.9 Å². The molecule has 2 aliphatic rings. The molecule has 0 aromatic heterocycles. The van der Waals surface area contributed by atoms with Crippen LogP contribution in [0.2, 0.25) is 76.6 Å². The van der Waals surface area contributed by atoms with Gasteiger partial charge in [-0.25, -0.2) is 0 Å². The van der Waals surface area contributed by atoms with E-state index in [1.807, 2.05) is 24.3 Å². The minimum absolute atomic E-state index is 0.341. The Morgan fingerprint density at radius 2 is 0.833 bits per heavy atom. The second-order valence-corrected chi connectivity index (χ2v) is 32.0. The highest BCUT2D eigenvalue weighted by Gasteiger charge is 2.48. The predicted octanol–water partition coefficient (Wildman–Crippen LogP) is 7.12. The molecule has 2 saturated heterocycles. The topological polar surface area (TPSA) is 23.6 Å². The average molecular weight is 545 g/mol. The third kappa shape index (κ3) is 5.50. The molecule has 2 heterocycles. The fourth-order valence-corrected chi connectivity index (χ4v) is 34.9. The standard InChI is InChI=1S/C29H40N2OSi4/c1-33(2)21-22-34(3,4)30(33)27-15-9-25(10-16-27)13-19-29(32)20-14-26-11-17-28(18-12-26)31-35(5,6)23-24-36(31,7)8/h9-12,15-18H,21-24H2,1-8H3. The fourth-order valence-electron chi connectivity index (χ4n) is 6.38. The van der Waals surface area contributed by atoms with E-state index in [9.17, 15) is 4.79 Å². The van der Waals surface area contributed by atoms with E-state index in [0.717, 1.165) is 11.1 Å². The van der Waals surface area contributed by atoms with E-state index >= 15 is 0 Å². The lowest BCUT2D eigenvalue weighted by molar-refractivity contribution is -0.108. The zero-order valence-corrected chi connectivity index (χ0v) is 27.2. The Labute approximate surface area is 222 Å². The molecule has 2 aromatic carbocycles. The SMILES string of the molecule is C[Si]1(C)CC[Si](C)(C)N1c1ccc(C#CC(=O)C#Cc2ccc(N3[Si](C)(C)CC[Si]3(C)C)cc2)cc1. The van der Waals surface area contributed by atoms with Crippen LogP contribution in [-0.2, 0) is 4.79 Å². The Balaban J connectivity index is 1.43. The van der Waals surface area contributed by atoms with Gasteiger partial charge in [-0.2, -0.15) is 0 Å². The number of nitrogens with zero attached hydrogens (tertiary/aromatic N) is 2. The summed E-state index contributed by atoms with van der Waals surface area (Å²) >= 11 is 0. The summed E-state index contributed by atoms with van der Waals surface area (Å²) in [6, 6.07) is 22.4. The van der Waals surface area contributed by atoms with Crippen LogP contribution in [0.3, 0.4) is 0 Å². The normalized spacial score (nSPS) is 20.8. The van der Waals surface area contributed by atoms with Gasteiger partial charge in [0.15, 0.2) is 0 Å². The Hall–Kier alpha value is -2.30. The quantitative estimate of drug-likeness (QED) is 0.297. The van der Waals surface area contributed by atoms with Crippen LogP contribution in [-0.4, -0.2) is 38.7 Å². The van der Waals surface area contributed by atoms with Gasteiger partial charge in [-0.3, -0.25) is 4.79 Å². The number of carbonyl (C=O) groups is 1. The second kappa shape index (κ2) is 9.54. The molecule has 0 aliphatic carbocycles. The zero-order valence-electron chi connectivity index (χ0n) is 23.2. The summed E-state index contributed by atoms with van der Waals surface area (Å²) in [5.74, 6) is 11.1. The number of benzene rings is 2. The van der Waals surface area contributed by atoms with Crippen molar-refractivity contribution in [3.63, 3.8) is 0 Å². The Bertz CT molecular complexity index is 1140. The van der Waals surface area contributed by atoms with Crippen molar-refractivity contribution in [1.82, 2.24) is 0 Å². The number of hydrogen-bond donors (Lipinski definition) is 0. The molecule has 0 radical (unpaired) electrons. The van der Waals surface area contributed by atoms with Crippen molar-refractivity contribution in [2.75, 3.05) is 8.46 Å². The Kier molecular flexibility index (Phi) is 7.09. The van der Waals surface area contributed by atoms with Crippen molar-refractivity contribution in [1.29, 1.82) is 0 Å². The van der Waals surface area contributed by atoms with Gasteiger partial charge < -0.3 is 8.46 Å². The summed E-state index contributed by atoms with van der Waals surface area (Å²) in [5.41, 5.74) is 4.38. The maximum absolute atomic E-state index is 12.3. The minimum atomic E-state index is -1.38. The molecule has 4 rings (SSSR count). The van der Waals surface area contributed by atoms with Crippen molar-refractivity contribution in [2.45, 2.75) is 76.6 Å². The smallest absolute Gasteiger partial charge is 0.279 e. The lowest BCUT2D eigenvalue weighted by atomic mass is 10.2. The maximum atomic E-state index is 12.3. The van der Waals surface area contributed by atoms with Crippen LogP contribution >= 0.6 is 0 Å². The van der Waals surface area contributed by atoms with E-state index in [2.05, 4.69) is 109 Å². The molecule has 0 unspecified atom stereocenters. The van der Waals surface area contributed by atoms with Gasteiger partial charge in [-0.15, -0.1) is 0 Å². The molecule has 7 heteroatoms. The van der Waals surface area contributed by atoms with Gasteiger partial charge in [0, 0.05) is 22.5 Å². The minimum Gasteiger partial charge on any atom is -0.424 e. The predicted molar refractivity (Wildman–Crippen MR) is 166 cm³/mol. The number of carbonyl (C=O) groups excluding carboxylic acids is 1. The lowest BCUT2D eigenvalue weighted by Crippen LogP contribution is -2.55. The summed E-state index contributed by atoms with van der Waals surface area (Å²) in [6.45, 7) is 19.8. The molecule has 0 amide bonds. The van der Waals surface area contributed by atoms with E-state index in [1.165, 1.54) is 35.6 Å². The first-order valence-electron chi connectivity index (χ1n) is 13.1. The van der Waals surface area contributed by atoms with Gasteiger partial charge in [-0.1, -0.05) is 64.2 Å². The van der Waals surface area contributed by atoms with Gasteiger partial charge in [0.25, 0.3) is 5.78 Å². The molecule has 2 aromatic rings. The number of Topliss-reactive ketones (excluding diaryl/α,β-unsaturated/α-hetero) is 1. The van der Waals surface area contributed by atoms with Crippen molar-refractivity contribution < 1.29 is 4.79 Å². The van der Waals surface area contributed by atoms with Crippen LogP contribution in [0.25, 0.3) is 0 Å². The molecule has 2 fully saturated rings. The molecule has 188 valence electrons. The van der Waals surface area contributed by atoms with Crippen molar-refractivity contribution in [3.05, 3.63) is 59.7 Å². The average Bonchev–Trinajstić information content (AvgIpc) is 3.17. The van der Waals surface area contributed by atoms with Crippen LogP contribution in [0.5, 0.6) is 0 Å². The Morgan fingerprint density at radius 1 is 0.556 bits per heavy atom. The highest BCUT2D eigenvalue weighted by molar-refractivity contribution is 7.05. The highest BCUT2D eigenvalue weighted by Crippen LogP contribution is 2.41. The molecule has 0 spiro atoms. The summed E-state index contributed by atoms with van der Waals surface area (Å²) in [5, 5.41) is 0. The summed E-state index contributed by atoms with van der Waals surface area (Å²) in [4.78, 5) is 12.3. The monoisotopic (exact) mass is 544 g/mol. The van der Waals surface area contributed by atoms with Gasteiger partial charge in [-0.05, 0) is 84.5 Å². The van der Waals surface area contributed by atoms with E-state index in [1.54, 1.807) is 0 Å². The number of ketones is 1. The van der Waals surface area contributed by atoms with Crippen molar-refractivity contribution in [3.8, 4) is 23.7 Å². The number of anilines is 2. The van der Waals surface area contributed by atoms with Crippen molar-refractivity contribution in [2.24, 2.45) is 0 Å². The van der Waals surface area contributed by atoms with Crippen LogP contribution in [0, 0.1) is 23.7 Å². The zero-order chi connectivity index (χ0) is 26.4. The molecule has 0 saturated carbocycles. The molecule has 0 N–H and O–H groups in total. The summed E-state index contributed by atoms with van der Waals surface area (Å²) in [6.07, 6.45) is 0. The molecule has 0 atom stereocenters. The highest BCUT2D eigenvalue weighted by atomic mass is 28.4. The molecular weight excluding hydrogens is 505 g/mol. The van der Waals surface area contributed by atoms with E-state index in [4.69, 9.17) is 0 Å². The third-order valence-corrected chi connectivity index (χ3v) is 28.0.